The van der Waals surface area contributed by atoms with Crippen molar-refractivity contribution < 1.29 is 9.84 Å². The molecular formula is C19H20N4O2. The van der Waals surface area contributed by atoms with Crippen LogP contribution < -0.4 is 10.1 Å². The lowest BCUT2D eigenvalue weighted by atomic mass is 10.1. The van der Waals surface area contributed by atoms with Gasteiger partial charge in [-0.05, 0) is 24.6 Å². The number of nitrogens with zero attached hydrogens (tertiary/aromatic N) is 3. The van der Waals surface area contributed by atoms with E-state index in [9.17, 15) is 5.11 Å². The van der Waals surface area contributed by atoms with Crippen LogP contribution in [0.15, 0.2) is 55.1 Å². The highest BCUT2D eigenvalue weighted by atomic mass is 16.5. The van der Waals surface area contributed by atoms with E-state index in [1.165, 1.54) is 0 Å². The van der Waals surface area contributed by atoms with E-state index in [1.54, 1.807) is 25.7 Å². The molecule has 1 aromatic carbocycles. The molecule has 0 amide bonds. The van der Waals surface area contributed by atoms with Crippen molar-refractivity contribution in [3.63, 3.8) is 0 Å². The number of aliphatic hydroxyl groups is 1. The fourth-order valence-corrected chi connectivity index (χ4v) is 2.55. The highest BCUT2D eigenvalue weighted by Gasteiger charge is 2.10. The van der Waals surface area contributed by atoms with E-state index in [2.05, 4.69) is 20.3 Å². The van der Waals surface area contributed by atoms with Gasteiger partial charge < -0.3 is 15.2 Å². The fourth-order valence-electron chi connectivity index (χ4n) is 2.55. The van der Waals surface area contributed by atoms with Crippen molar-refractivity contribution in [2.75, 3.05) is 12.4 Å². The van der Waals surface area contributed by atoms with Crippen LogP contribution in [0.2, 0.25) is 0 Å². The van der Waals surface area contributed by atoms with Crippen LogP contribution >= 0.6 is 0 Å². The molecular weight excluding hydrogens is 316 g/mol. The largest absolute Gasteiger partial charge is 0.496 e. The van der Waals surface area contributed by atoms with Crippen LogP contribution in [0.25, 0.3) is 11.3 Å². The first-order valence-corrected chi connectivity index (χ1v) is 7.98. The van der Waals surface area contributed by atoms with Crippen molar-refractivity contribution in [2.45, 2.75) is 19.6 Å². The summed E-state index contributed by atoms with van der Waals surface area (Å²) in [5, 5.41) is 12.7. The highest BCUT2D eigenvalue weighted by Crippen LogP contribution is 2.27. The molecule has 6 heteroatoms. The van der Waals surface area contributed by atoms with Crippen LogP contribution in [0.4, 0.5) is 5.82 Å². The van der Waals surface area contributed by atoms with Crippen molar-refractivity contribution in [3.05, 3.63) is 66.2 Å². The number of hydrogen-bond donors (Lipinski definition) is 2. The van der Waals surface area contributed by atoms with Crippen molar-refractivity contribution >= 4 is 5.82 Å². The molecule has 0 saturated carbocycles. The summed E-state index contributed by atoms with van der Waals surface area (Å²) < 4.78 is 5.32. The summed E-state index contributed by atoms with van der Waals surface area (Å²) in [6.07, 6.45) is 6.97. The Balaban J connectivity index is 1.84. The molecule has 0 aliphatic carbocycles. The second kappa shape index (κ2) is 7.72. The van der Waals surface area contributed by atoms with Gasteiger partial charge in [0.05, 0.1) is 37.8 Å². The van der Waals surface area contributed by atoms with E-state index >= 15 is 0 Å². The number of anilines is 1. The number of hydrogen-bond acceptors (Lipinski definition) is 6. The van der Waals surface area contributed by atoms with E-state index in [0.717, 1.165) is 22.4 Å². The Morgan fingerprint density at radius 1 is 1.16 bits per heavy atom. The van der Waals surface area contributed by atoms with Gasteiger partial charge in [-0.1, -0.05) is 18.2 Å². The summed E-state index contributed by atoms with van der Waals surface area (Å²) in [6, 6.07) is 9.56. The number of rotatable bonds is 6. The van der Waals surface area contributed by atoms with Crippen LogP contribution in [0, 0.1) is 0 Å². The Morgan fingerprint density at radius 2 is 2.04 bits per heavy atom. The Bertz CT molecular complexity index is 840. The molecule has 3 rings (SSSR count). The zero-order valence-corrected chi connectivity index (χ0v) is 14.2. The third-order valence-corrected chi connectivity index (χ3v) is 3.94. The minimum absolute atomic E-state index is 0.0598. The summed E-state index contributed by atoms with van der Waals surface area (Å²) in [5.41, 5.74) is 3.41. The molecule has 2 heterocycles. The maximum atomic E-state index is 9.34. The summed E-state index contributed by atoms with van der Waals surface area (Å²) in [7, 11) is 1.58. The molecule has 128 valence electrons. The number of ether oxygens (including phenoxy) is 1. The quantitative estimate of drug-likeness (QED) is 0.719. The molecule has 0 bridgehead atoms. The zero-order chi connectivity index (χ0) is 17.6. The van der Waals surface area contributed by atoms with Crippen LogP contribution in [0.1, 0.15) is 24.1 Å². The molecule has 0 radical (unpaired) electrons. The molecule has 1 unspecified atom stereocenters. The topological polar surface area (TPSA) is 80.2 Å². The number of nitrogens with one attached hydrogen (secondary N) is 1. The van der Waals surface area contributed by atoms with Gasteiger partial charge >= 0.3 is 0 Å². The predicted molar refractivity (Wildman–Crippen MR) is 96.2 cm³/mol. The summed E-state index contributed by atoms with van der Waals surface area (Å²) >= 11 is 0. The summed E-state index contributed by atoms with van der Waals surface area (Å²) in [6.45, 7) is 1.98. The van der Waals surface area contributed by atoms with E-state index in [4.69, 9.17) is 4.74 Å². The van der Waals surface area contributed by atoms with Gasteiger partial charge in [0.1, 0.15) is 11.6 Å². The first kappa shape index (κ1) is 16.9. The maximum Gasteiger partial charge on any atom is 0.145 e. The number of aromatic nitrogens is 3. The lowest BCUT2D eigenvalue weighted by molar-refractivity contribution is 0.274. The van der Waals surface area contributed by atoms with E-state index in [1.807, 2.05) is 43.5 Å². The predicted octanol–water partition coefficient (Wildman–Crippen LogP) is 3.21. The molecule has 0 aliphatic heterocycles. The van der Waals surface area contributed by atoms with Crippen molar-refractivity contribution in [3.8, 4) is 17.0 Å². The first-order chi connectivity index (χ1) is 12.2. The number of aliphatic hydroxyl groups excluding tert-OH is 1. The Hall–Kier alpha value is -2.99. The normalized spacial score (nSPS) is 11.8. The van der Waals surface area contributed by atoms with Gasteiger partial charge in [0, 0.05) is 23.5 Å². The number of pyridine rings is 1. The Labute approximate surface area is 146 Å². The lowest BCUT2D eigenvalue weighted by Crippen LogP contribution is -2.08. The van der Waals surface area contributed by atoms with Gasteiger partial charge in [-0.3, -0.25) is 9.97 Å². The second-order valence-corrected chi connectivity index (χ2v) is 5.63. The van der Waals surface area contributed by atoms with Crippen molar-refractivity contribution in [1.82, 2.24) is 15.0 Å². The minimum Gasteiger partial charge on any atom is -0.496 e. The monoisotopic (exact) mass is 336 g/mol. The summed E-state index contributed by atoms with van der Waals surface area (Å²) in [4.78, 5) is 13.0. The van der Waals surface area contributed by atoms with E-state index in [0.29, 0.717) is 11.6 Å². The third-order valence-electron chi connectivity index (χ3n) is 3.94. The maximum absolute atomic E-state index is 9.34. The zero-order valence-electron chi connectivity index (χ0n) is 14.2. The van der Waals surface area contributed by atoms with Crippen LogP contribution in [-0.2, 0) is 6.61 Å². The molecule has 2 N–H and O–H groups in total. The van der Waals surface area contributed by atoms with Crippen LogP contribution in [0.3, 0.4) is 0 Å². The number of benzene rings is 1. The first-order valence-electron chi connectivity index (χ1n) is 7.98. The molecule has 6 nitrogen and oxygen atoms in total. The van der Waals surface area contributed by atoms with Crippen molar-refractivity contribution in [2.24, 2.45) is 0 Å². The smallest absolute Gasteiger partial charge is 0.145 e. The average Bonchev–Trinajstić information content (AvgIpc) is 2.68. The summed E-state index contributed by atoms with van der Waals surface area (Å²) in [5.74, 6) is 1.31. The Kier molecular flexibility index (Phi) is 5.20. The molecule has 25 heavy (non-hydrogen) atoms. The van der Waals surface area contributed by atoms with Crippen molar-refractivity contribution in [1.29, 1.82) is 0 Å². The van der Waals surface area contributed by atoms with Gasteiger partial charge in [0.2, 0.25) is 0 Å². The lowest BCUT2D eigenvalue weighted by Gasteiger charge is -2.15. The van der Waals surface area contributed by atoms with Crippen LogP contribution in [0.5, 0.6) is 5.75 Å². The molecule has 2 aromatic heterocycles. The molecule has 3 aromatic rings. The van der Waals surface area contributed by atoms with E-state index < -0.39 is 0 Å². The standard InChI is InChI=1S/C19H20N4O2/c1-13(15-4-3-7-20-9-15)22-19-11-21-10-17(23-19)14-5-6-16(12-24)18(8-14)25-2/h3-11,13,24H,12H2,1-2H3,(H,22,23). The van der Waals surface area contributed by atoms with E-state index in [-0.39, 0.29) is 12.6 Å². The molecule has 0 saturated heterocycles. The molecule has 1 atom stereocenters. The molecule has 0 fully saturated rings. The second-order valence-electron chi connectivity index (χ2n) is 5.63. The number of methoxy groups -OCH3 is 1. The third kappa shape index (κ3) is 3.92. The van der Waals surface area contributed by atoms with Crippen LogP contribution in [-0.4, -0.2) is 27.2 Å². The van der Waals surface area contributed by atoms with Gasteiger partial charge in [-0.2, -0.15) is 0 Å². The highest BCUT2D eigenvalue weighted by molar-refractivity contribution is 5.63. The van der Waals surface area contributed by atoms with Gasteiger partial charge in [-0.25, -0.2) is 4.98 Å². The average molecular weight is 336 g/mol. The van der Waals surface area contributed by atoms with Gasteiger partial charge in [0.25, 0.3) is 0 Å². The van der Waals surface area contributed by atoms with Gasteiger partial charge in [-0.15, -0.1) is 0 Å². The molecule has 0 aliphatic rings. The Morgan fingerprint density at radius 3 is 2.76 bits per heavy atom. The van der Waals surface area contributed by atoms with Gasteiger partial charge in [0.15, 0.2) is 0 Å². The minimum atomic E-state index is -0.0701. The molecule has 0 spiro atoms. The fraction of sp³-hybridized carbons (Fsp3) is 0.211. The SMILES string of the molecule is COc1cc(-c2cncc(NC(C)c3cccnc3)n2)ccc1CO.